The van der Waals surface area contributed by atoms with E-state index in [4.69, 9.17) is 4.74 Å². The number of hydrogen-bond acceptors (Lipinski definition) is 4. The number of halogens is 1. The Bertz CT molecular complexity index is 589. The van der Waals surface area contributed by atoms with Gasteiger partial charge in [-0.05, 0) is 19.1 Å². The number of methoxy groups -OCH3 is 1. The topological polar surface area (TPSA) is 69.2 Å². The van der Waals surface area contributed by atoms with E-state index in [2.05, 4.69) is 38.4 Å². The van der Waals surface area contributed by atoms with E-state index < -0.39 is 0 Å². The summed E-state index contributed by atoms with van der Waals surface area (Å²) in [6.45, 7) is 9.16. The number of rotatable bonds is 6. The first-order chi connectivity index (χ1) is 12.2. The van der Waals surface area contributed by atoms with Crippen molar-refractivity contribution in [2.75, 3.05) is 57.8 Å². The maximum Gasteiger partial charge on any atom is 0.216 e. The first-order valence-electron chi connectivity index (χ1n) is 8.81. The molecule has 0 saturated carbocycles. The van der Waals surface area contributed by atoms with Crippen LogP contribution in [0, 0.1) is 0 Å². The van der Waals surface area contributed by atoms with Crippen molar-refractivity contribution < 1.29 is 9.53 Å². The van der Waals surface area contributed by atoms with E-state index in [1.165, 1.54) is 6.92 Å². The highest BCUT2D eigenvalue weighted by molar-refractivity contribution is 14.0. The molecule has 1 aliphatic rings. The average molecular weight is 475 g/mol. The Morgan fingerprint density at radius 1 is 1.19 bits per heavy atom. The number of piperazine rings is 1. The van der Waals surface area contributed by atoms with Crippen LogP contribution in [0.2, 0.25) is 0 Å². The lowest BCUT2D eigenvalue weighted by molar-refractivity contribution is -0.118. The molecule has 1 aromatic carbocycles. The van der Waals surface area contributed by atoms with Gasteiger partial charge in [0.25, 0.3) is 0 Å². The Hall–Kier alpha value is -1.71. The Morgan fingerprint density at radius 2 is 1.88 bits per heavy atom. The summed E-state index contributed by atoms with van der Waals surface area (Å²) in [6.07, 6.45) is 0. The normalized spacial score (nSPS) is 14.5. The van der Waals surface area contributed by atoms with Gasteiger partial charge in [-0.15, -0.1) is 24.0 Å². The second-order valence-electron chi connectivity index (χ2n) is 5.86. The second-order valence-corrected chi connectivity index (χ2v) is 5.86. The van der Waals surface area contributed by atoms with Gasteiger partial charge in [-0.3, -0.25) is 9.79 Å². The Labute approximate surface area is 173 Å². The fourth-order valence-electron chi connectivity index (χ4n) is 2.87. The molecule has 2 N–H and O–H groups in total. The van der Waals surface area contributed by atoms with Crippen LogP contribution < -0.4 is 20.3 Å². The number of aliphatic imine (C=N–C) groups is 1. The van der Waals surface area contributed by atoms with Gasteiger partial charge < -0.3 is 25.2 Å². The highest BCUT2D eigenvalue weighted by Crippen LogP contribution is 2.28. The quantitative estimate of drug-likeness (QED) is 0.283. The second kappa shape index (κ2) is 11.8. The molecule has 1 aromatic rings. The molecule has 0 atom stereocenters. The van der Waals surface area contributed by atoms with Crippen LogP contribution in [0.1, 0.15) is 13.8 Å². The number of nitrogens with zero attached hydrogens (tertiary/aromatic N) is 3. The molecule has 0 spiro atoms. The molecule has 7 nitrogen and oxygen atoms in total. The minimum atomic E-state index is -0.0226. The molecular formula is C18H30IN5O2. The number of carbonyl (C=O) groups excluding carboxylic acids is 1. The Balaban J connectivity index is 0.00000338. The van der Waals surface area contributed by atoms with Crippen LogP contribution >= 0.6 is 24.0 Å². The van der Waals surface area contributed by atoms with E-state index >= 15 is 0 Å². The maximum absolute atomic E-state index is 10.9. The van der Waals surface area contributed by atoms with E-state index in [-0.39, 0.29) is 29.9 Å². The molecule has 2 rings (SSSR count). The molecule has 0 aliphatic carbocycles. The molecule has 146 valence electrons. The van der Waals surface area contributed by atoms with E-state index in [1.54, 1.807) is 7.11 Å². The molecular weight excluding hydrogens is 445 g/mol. The number of para-hydroxylation sites is 2. The Morgan fingerprint density at radius 3 is 2.50 bits per heavy atom. The summed E-state index contributed by atoms with van der Waals surface area (Å²) >= 11 is 0. The number of anilines is 1. The average Bonchev–Trinajstić information content (AvgIpc) is 2.64. The first-order valence-corrected chi connectivity index (χ1v) is 8.81. The predicted molar refractivity (Wildman–Crippen MR) is 117 cm³/mol. The third-order valence-corrected chi connectivity index (χ3v) is 4.09. The van der Waals surface area contributed by atoms with Gasteiger partial charge in [0.15, 0.2) is 5.96 Å². The summed E-state index contributed by atoms with van der Waals surface area (Å²) in [7, 11) is 1.71. The SMILES string of the molecule is CCNC(=NCCNC(C)=O)N1CCN(c2ccccc2OC)CC1.I. The summed E-state index contributed by atoms with van der Waals surface area (Å²) in [6, 6.07) is 8.12. The lowest BCUT2D eigenvalue weighted by Gasteiger charge is -2.38. The first kappa shape index (κ1) is 22.3. The van der Waals surface area contributed by atoms with Crippen LogP contribution in [0.25, 0.3) is 0 Å². The molecule has 26 heavy (non-hydrogen) atoms. The highest BCUT2D eigenvalue weighted by atomic mass is 127. The third kappa shape index (κ3) is 6.54. The van der Waals surface area contributed by atoms with Crippen LogP contribution in [0.15, 0.2) is 29.3 Å². The van der Waals surface area contributed by atoms with Crippen molar-refractivity contribution in [1.82, 2.24) is 15.5 Å². The van der Waals surface area contributed by atoms with Crippen LogP contribution in [0.5, 0.6) is 5.75 Å². The van der Waals surface area contributed by atoms with E-state index in [0.717, 1.165) is 50.1 Å². The number of amides is 1. The zero-order chi connectivity index (χ0) is 18.1. The molecule has 8 heteroatoms. The zero-order valence-corrected chi connectivity index (χ0v) is 18.2. The lowest BCUT2D eigenvalue weighted by Crippen LogP contribution is -2.52. The molecule has 0 radical (unpaired) electrons. The van der Waals surface area contributed by atoms with Crippen LogP contribution in [-0.4, -0.2) is 69.7 Å². The largest absolute Gasteiger partial charge is 0.495 e. The summed E-state index contributed by atoms with van der Waals surface area (Å²) in [5.41, 5.74) is 1.14. The molecule has 0 bridgehead atoms. The number of benzene rings is 1. The van der Waals surface area contributed by atoms with Gasteiger partial charge in [-0.25, -0.2) is 0 Å². The van der Waals surface area contributed by atoms with Gasteiger partial charge in [-0.1, -0.05) is 12.1 Å². The fraction of sp³-hybridized carbons (Fsp3) is 0.556. The van der Waals surface area contributed by atoms with E-state index in [9.17, 15) is 4.79 Å². The van der Waals surface area contributed by atoms with E-state index in [1.807, 2.05) is 18.2 Å². The predicted octanol–water partition coefficient (Wildman–Crippen LogP) is 1.54. The summed E-state index contributed by atoms with van der Waals surface area (Å²) in [5.74, 6) is 1.80. The fourth-order valence-corrected chi connectivity index (χ4v) is 2.87. The summed E-state index contributed by atoms with van der Waals surface area (Å²) < 4.78 is 5.47. The minimum Gasteiger partial charge on any atom is -0.495 e. The van der Waals surface area contributed by atoms with Crippen molar-refractivity contribution >= 4 is 41.5 Å². The van der Waals surface area contributed by atoms with Gasteiger partial charge in [-0.2, -0.15) is 0 Å². The van der Waals surface area contributed by atoms with Crippen LogP contribution in [-0.2, 0) is 4.79 Å². The minimum absolute atomic E-state index is 0. The standard InChI is InChI=1S/C18H29N5O2.HI/c1-4-19-18(21-10-9-20-15(2)24)23-13-11-22(12-14-23)16-7-5-6-8-17(16)25-3;/h5-8H,4,9-14H2,1-3H3,(H,19,21)(H,20,24);1H. The number of hydrogen-bond donors (Lipinski definition) is 2. The lowest BCUT2D eigenvalue weighted by atomic mass is 10.2. The maximum atomic E-state index is 10.9. The van der Waals surface area contributed by atoms with Gasteiger partial charge in [0.2, 0.25) is 5.91 Å². The molecule has 1 saturated heterocycles. The van der Waals surface area contributed by atoms with Crippen LogP contribution in [0.3, 0.4) is 0 Å². The molecule has 1 aliphatic heterocycles. The number of guanidine groups is 1. The highest BCUT2D eigenvalue weighted by Gasteiger charge is 2.21. The zero-order valence-electron chi connectivity index (χ0n) is 15.8. The third-order valence-electron chi connectivity index (χ3n) is 4.09. The van der Waals surface area contributed by atoms with Gasteiger partial charge in [0.1, 0.15) is 5.75 Å². The number of carbonyl (C=O) groups is 1. The van der Waals surface area contributed by atoms with Gasteiger partial charge in [0.05, 0.1) is 19.3 Å². The molecule has 1 heterocycles. The summed E-state index contributed by atoms with van der Waals surface area (Å²) in [4.78, 5) is 20.2. The summed E-state index contributed by atoms with van der Waals surface area (Å²) in [5, 5.41) is 6.11. The molecule has 1 amide bonds. The van der Waals surface area contributed by atoms with Crippen molar-refractivity contribution in [3.63, 3.8) is 0 Å². The van der Waals surface area contributed by atoms with Crippen molar-refractivity contribution in [2.45, 2.75) is 13.8 Å². The molecule has 0 unspecified atom stereocenters. The van der Waals surface area contributed by atoms with Crippen molar-refractivity contribution in [3.05, 3.63) is 24.3 Å². The monoisotopic (exact) mass is 475 g/mol. The van der Waals surface area contributed by atoms with Crippen molar-refractivity contribution in [3.8, 4) is 5.75 Å². The van der Waals surface area contributed by atoms with Crippen LogP contribution in [0.4, 0.5) is 5.69 Å². The smallest absolute Gasteiger partial charge is 0.216 e. The molecule has 0 aromatic heterocycles. The molecule has 1 fully saturated rings. The van der Waals surface area contributed by atoms with Crippen molar-refractivity contribution in [1.29, 1.82) is 0 Å². The van der Waals surface area contributed by atoms with Gasteiger partial charge in [0, 0.05) is 46.2 Å². The van der Waals surface area contributed by atoms with E-state index in [0.29, 0.717) is 13.1 Å². The van der Waals surface area contributed by atoms with Gasteiger partial charge >= 0.3 is 0 Å². The van der Waals surface area contributed by atoms with Crippen molar-refractivity contribution in [2.24, 2.45) is 4.99 Å². The number of nitrogens with one attached hydrogen (secondary N) is 2. The Kier molecular flexibility index (Phi) is 10.2. The number of ether oxygens (including phenoxy) is 1.